The van der Waals surface area contributed by atoms with Crippen molar-refractivity contribution in [3.05, 3.63) is 106 Å². The highest BCUT2D eigenvalue weighted by Crippen LogP contribution is 2.39. The number of rotatable bonds is 8. The number of carbonyl (C=O) groups is 2. The molecule has 0 saturated carbocycles. The Bertz CT molecular complexity index is 1260. The number of nitrogens with zero attached hydrogens (tertiary/aromatic N) is 1. The Kier molecular flexibility index (Phi) is 8.00. The average Bonchev–Trinajstić information content (AvgIpc) is 3.13. The Morgan fingerprint density at radius 1 is 1.06 bits per heavy atom. The van der Waals surface area contributed by atoms with Crippen LogP contribution in [-0.2, 0) is 20.9 Å². The van der Waals surface area contributed by atoms with Crippen molar-refractivity contribution in [2.75, 3.05) is 6.61 Å². The topological polar surface area (TPSA) is 55.8 Å². The lowest BCUT2D eigenvalue weighted by Crippen LogP contribution is -2.38. The molecule has 0 N–H and O–H groups in total. The number of carbonyl (C=O) groups excluding carboxylic acids is 2. The monoisotopic (exact) mass is 503 g/mol. The lowest BCUT2D eigenvalue weighted by Gasteiger charge is -2.25. The first-order valence-electron chi connectivity index (χ1n) is 11.2. The first-order valence-corrected chi connectivity index (χ1v) is 12.5. The molecule has 1 atom stereocenters. The van der Waals surface area contributed by atoms with E-state index < -0.39 is 12.0 Å². The van der Waals surface area contributed by atoms with E-state index in [-0.39, 0.29) is 12.5 Å². The second kappa shape index (κ2) is 11.3. The molecule has 3 aromatic carbocycles. The highest BCUT2D eigenvalue weighted by atomic mass is 32.2. The van der Waals surface area contributed by atoms with Crippen LogP contribution in [0, 0.1) is 6.92 Å². The number of aryl methyl sites for hydroxylation is 1. The number of amides is 1. The molecule has 1 aliphatic heterocycles. The molecular formula is C28H25NO4S2. The Balaban J connectivity index is 1.54. The maximum absolute atomic E-state index is 13.4. The first-order chi connectivity index (χ1) is 17.0. The molecule has 1 aliphatic rings. The molecule has 0 aromatic heterocycles. The van der Waals surface area contributed by atoms with Gasteiger partial charge in [0, 0.05) is 0 Å². The summed E-state index contributed by atoms with van der Waals surface area (Å²) >= 11 is 6.69. The standard InChI is InChI=1S/C28H25NO4S2/c1-3-32-27(31)25(22-9-5-4-6-10-22)29-26(30)24(35-28(29)34)17-21-8-7-11-23(16-21)33-18-20-14-12-19(2)13-15-20/h4-17,25H,3,18H2,1-2H3/b24-17+. The van der Waals surface area contributed by atoms with Crippen LogP contribution in [0.15, 0.2) is 83.8 Å². The SMILES string of the molecule is CCOC(=O)C(c1ccccc1)N1C(=O)/C(=C\c2cccc(OCc3ccc(C)cc3)c2)SC1=S. The second-order valence-electron chi connectivity index (χ2n) is 7.96. The Hall–Kier alpha value is -3.42. The van der Waals surface area contributed by atoms with Crippen LogP contribution in [0.25, 0.3) is 6.08 Å². The fourth-order valence-corrected chi connectivity index (χ4v) is 4.96. The van der Waals surface area contributed by atoms with E-state index in [1.54, 1.807) is 25.1 Å². The van der Waals surface area contributed by atoms with E-state index in [4.69, 9.17) is 21.7 Å². The summed E-state index contributed by atoms with van der Waals surface area (Å²) in [7, 11) is 0. The Morgan fingerprint density at radius 2 is 1.80 bits per heavy atom. The molecule has 1 unspecified atom stereocenters. The van der Waals surface area contributed by atoms with Gasteiger partial charge in [-0.05, 0) is 48.7 Å². The largest absolute Gasteiger partial charge is 0.489 e. The maximum Gasteiger partial charge on any atom is 0.333 e. The zero-order valence-corrected chi connectivity index (χ0v) is 21.1. The number of thiocarbonyl (C=S) groups is 1. The van der Waals surface area contributed by atoms with Gasteiger partial charge in [-0.2, -0.15) is 0 Å². The third-order valence-corrected chi connectivity index (χ3v) is 6.72. The fraction of sp³-hybridized carbons (Fsp3) is 0.179. The van der Waals surface area contributed by atoms with Gasteiger partial charge in [0.25, 0.3) is 5.91 Å². The van der Waals surface area contributed by atoms with Crippen molar-refractivity contribution in [3.8, 4) is 5.75 Å². The van der Waals surface area contributed by atoms with Crippen LogP contribution in [0.1, 0.15) is 35.2 Å². The third-order valence-electron chi connectivity index (χ3n) is 5.39. The molecule has 178 valence electrons. The van der Waals surface area contributed by atoms with Crippen molar-refractivity contribution in [3.63, 3.8) is 0 Å². The van der Waals surface area contributed by atoms with Gasteiger partial charge in [0.05, 0.1) is 11.5 Å². The molecule has 0 aliphatic carbocycles. The van der Waals surface area contributed by atoms with E-state index in [1.807, 2.05) is 61.5 Å². The van der Waals surface area contributed by atoms with Crippen LogP contribution < -0.4 is 4.74 Å². The molecule has 1 amide bonds. The van der Waals surface area contributed by atoms with Crippen molar-refractivity contribution in [1.29, 1.82) is 0 Å². The van der Waals surface area contributed by atoms with Gasteiger partial charge in [-0.25, -0.2) is 4.79 Å². The molecule has 35 heavy (non-hydrogen) atoms. The van der Waals surface area contributed by atoms with E-state index in [2.05, 4.69) is 12.1 Å². The van der Waals surface area contributed by atoms with Gasteiger partial charge in [0.1, 0.15) is 16.7 Å². The summed E-state index contributed by atoms with van der Waals surface area (Å²) in [5, 5.41) is 0. The molecule has 1 fully saturated rings. The van der Waals surface area contributed by atoms with E-state index in [1.165, 1.54) is 22.2 Å². The van der Waals surface area contributed by atoms with Crippen molar-refractivity contribution in [1.82, 2.24) is 4.90 Å². The summed E-state index contributed by atoms with van der Waals surface area (Å²) < 4.78 is 11.5. The smallest absolute Gasteiger partial charge is 0.333 e. The summed E-state index contributed by atoms with van der Waals surface area (Å²) in [5.74, 6) is -0.140. The molecule has 0 radical (unpaired) electrons. The van der Waals surface area contributed by atoms with Crippen LogP contribution in [-0.4, -0.2) is 27.7 Å². The van der Waals surface area contributed by atoms with Gasteiger partial charge in [0.15, 0.2) is 6.04 Å². The van der Waals surface area contributed by atoms with Gasteiger partial charge in [-0.15, -0.1) is 0 Å². The Labute approximate surface area is 214 Å². The van der Waals surface area contributed by atoms with Crippen molar-refractivity contribution >= 4 is 46.3 Å². The lowest BCUT2D eigenvalue weighted by atomic mass is 10.1. The summed E-state index contributed by atoms with van der Waals surface area (Å²) in [5.41, 5.74) is 3.73. The second-order valence-corrected chi connectivity index (χ2v) is 9.64. The average molecular weight is 504 g/mol. The van der Waals surface area contributed by atoms with E-state index in [9.17, 15) is 9.59 Å². The summed E-state index contributed by atoms with van der Waals surface area (Å²) in [6.07, 6.45) is 1.77. The first kappa shape index (κ1) is 24.7. The minimum Gasteiger partial charge on any atom is -0.489 e. The minimum atomic E-state index is -0.932. The van der Waals surface area contributed by atoms with Gasteiger partial charge in [-0.3, -0.25) is 9.69 Å². The Morgan fingerprint density at radius 3 is 2.51 bits per heavy atom. The third kappa shape index (κ3) is 5.99. The van der Waals surface area contributed by atoms with Crippen LogP contribution >= 0.6 is 24.0 Å². The molecule has 3 aromatic rings. The maximum atomic E-state index is 13.4. The lowest BCUT2D eigenvalue weighted by molar-refractivity contribution is -0.151. The molecule has 7 heteroatoms. The van der Waals surface area contributed by atoms with Gasteiger partial charge >= 0.3 is 5.97 Å². The number of hydrogen-bond donors (Lipinski definition) is 0. The quantitative estimate of drug-likeness (QED) is 0.211. The number of esters is 1. The number of ether oxygens (including phenoxy) is 2. The number of hydrogen-bond acceptors (Lipinski definition) is 6. The van der Waals surface area contributed by atoms with Gasteiger partial charge in [0.2, 0.25) is 0 Å². The zero-order chi connectivity index (χ0) is 24.8. The van der Waals surface area contributed by atoms with Crippen LogP contribution in [0.5, 0.6) is 5.75 Å². The molecule has 1 heterocycles. The summed E-state index contributed by atoms with van der Waals surface area (Å²) in [4.78, 5) is 28.0. The highest BCUT2D eigenvalue weighted by molar-refractivity contribution is 8.26. The fourth-order valence-electron chi connectivity index (χ4n) is 3.65. The molecular weight excluding hydrogens is 478 g/mol. The van der Waals surface area contributed by atoms with E-state index in [0.29, 0.717) is 27.1 Å². The molecule has 0 bridgehead atoms. The summed E-state index contributed by atoms with van der Waals surface area (Å²) in [6, 6.07) is 23.8. The molecule has 4 rings (SSSR count). The van der Waals surface area contributed by atoms with Crippen LogP contribution in [0.2, 0.25) is 0 Å². The predicted molar refractivity (Wildman–Crippen MR) is 143 cm³/mol. The van der Waals surface area contributed by atoms with E-state index >= 15 is 0 Å². The number of benzene rings is 3. The normalized spacial score (nSPS) is 15.4. The predicted octanol–water partition coefficient (Wildman–Crippen LogP) is 6.08. The van der Waals surface area contributed by atoms with E-state index in [0.717, 1.165) is 11.1 Å². The van der Waals surface area contributed by atoms with Crippen molar-refractivity contribution < 1.29 is 19.1 Å². The van der Waals surface area contributed by atoms with Gasteiger partial charge in [-0.1, -0.05) is 96.3 Å². The van der Waals surface area contributed by atoms with Crippen molar-refractivity contribution in [2.45, 2.75) is 26.5 Å². The zero-order valence-electron chi connectivity index (χ0n) is 19.5. The van der Waals surface area contributed by atoms with Crippen molar-refractivity contribution in [2.24, 2.45) is 0 Å². The number of thioether (sulfide) groups is 1. The van der Waals surface area contributed by atoms with Crippen LogP contribution in [0.4, 0.5) is 0 Å². The minimum absolute atomic E-state index is 0.210. The van der Waals surface area contributed by atoms with Gasteiger partial charge < -0.3 is 9.47 Å². The molecule has 1 saturated heterocycles. The van der Waals surface area contributed by atoms with Crippen LogP contribution in [0.3, 0.4) is 0 Å². The molecule has 5 nitrogen and oxygen atoms in total. The summed E-state index contributed by atoms with van der Waals surface area (Å²) in [6.45, 7) is 4.44. The highest BCUT2D eigenvalue weighted by Gasteiger charge is 2.42. The molecule has 0 spiro atoms.